The van der Waals surface area contributed by atoms with E-state index in [0.717, 1.165) is 17.7 Å². The van der Waals surface area contributed by atoms with Crippen LogP contribution in [0, 0.1) is 10.1 Å². The monoisotopic (exact) mass is 391 g/mol. The van der Waals surface area contributed by atoms with Crippen LogP contribution in [0.4, 0.5) is 18.9 Å². The summed E-state index contributed by atoms with van der Waals surface area (Å²) < 4.78 is 39.4. The predicted octanol–water partition coefficient (Wildman–Crippen LogP) is 3.96. The normalized spacial score (nSPS) is 11.8. The minimum Gasteiger partial charge on any atom is -0.283 e. The Labute approximate surface area is 158 Å². The van der Waals surface area contributed by atoms with Crippen molar-refractivity contribution in [1.82, 2.24) is 19.7 Å². The number of aromatic nitrogens is 3. The maximum atomic E-state index is 12.6. The molecule has 0 bridgehead atoms. The minimum atomic E-state index is -4.35. The van der Waals surface area contributed by atoms with E-state index in [1.807, 2.05) is 11.9 Å². The number of halogens is 3. The molecule has 0 amide bonds. The molecule has 0 aliphatic carbocycles. The maximum Gasteiger partial charge on any atom is 0.416 e. The smallest absolute Gasteiger partial charge is 0.283 e. The molecule has 1 heterocycles. The molecule has 3 aromatic rings. The van der Waals surface area contributed by atoms with Gasteiger partial charge in [-0.05, 0) is 36.9 Å². The average molecular weight is 391 g/mol. The molecule has 0 atom stereocenters. The summed E-state index contributed by atoms with van der Waals surface area (Å²) in [5.74, 6) is 0.429. The Hall–Kier alpha value is -3.27. The van der Waals surface area contributed by atoms with Gasteiger partial charge in [0, 0.05) is 24.2 Å². The van der Waals surface area contributed by atoms with Gasteiger partial charge < -0.3 is 0 Å². The summed E-state index contributed by atoms with van der Waals surface area (Å²) in [5.41, 5.74) is 0.698. The van der Waals surface area contributed by atoms with Crippen molar-refractivity contribution in [2.45, 2.75) is 19.4 Å². The van der Waals surface area contributed by atoms with E-state index in [9.17, 15) is 23.3 Å². The lowest BCUT2D eigenvalue weighted by Gasteiger charge is -2.16. The highest BCUT2D eigenvalue weighted by Gasteiger charge is 2.29. The molecule has 28 heavy (non-hydrogen) atoms. The first-order valence-electron chi connectivity index (χ1n) is 8.21. The Morgan fingerprint density at radius 2 is 1.75 bits per heavy atom. The second-order valence-corrected chi connectivity index (χ2v) is 6.26. The van der Waals surface area contributed by atoms with Gasteiger partial charge in [0.2, 0.25) is 0 Å². The van der Waals surface area contributed by atoms with Crippen molar-refractivity contribution < 1.29 is 18.1 Å². The van der Waals surface area contributed by atoms with Crippen LogP contribution >= 0.6 is 0 Å². The van der Waals surface area contributed by atoms with Crippen LogP contribution in [0.3, 0.4) is 0 Å². The summed E-state index contributed by atoms with van der Waals surface area (Å²) in [6.45, 7) is 0.811. The first kappa shape index (κ1) is 19.5. The molecule has 0 unspecified atom stereocenters. The van der Waals surface area contributed by atoms with Crippen molar-refractivity contribution >= 4 is 5.69 Å². The van der Waals surface area contributed by atoms with Crippen LogP contribution < -0.4 is 0 Å². The summed E-state index contributed by atoms with van der Waals surface area (Å²) in [6.07, 6.45) is -2.82. The van der Waals surface area contributed by atoms with Gasteiger partial charge in [0.25, 0.3) is 5.69 Å². The number of alkyl halides is 3. The zero-order chi connectivity index (χ0) is 20.3. The molecule has 0 aliphatic rings. The number of benzene rings is 2. The number of non-ortho nitro benzene ring substituents is 1. The van der Waals surface area contributed by atoms with Gasteiger partial charge in [-0.15, -0.1) is 5.10 Å². The fourth-order valence-electron chi connectivity index (χ4n) is 2.64. The standard InChI is InChI=1S/C18H16F3N5O2/c1-24(10-13-2-6-15(7-3-13)18(19,20)21)12-25-11-22-17(23-25)14-4-8-16(9-5-14)26(27)28/h2-9,11H,10,12H2,1H3. The van der Waals surface area contributed by atoms with Crippen LogP contribution in [0.2, 0.25) is 0 Å². The molecule has 1 aromatic heterocycles. The second kappa shape index (κ2) is 7.77. The molecule has 0 saturated heterocycles. The average Bonchev–Trinajstić information content (AvgIpc) is 3.09. The highest BCUT2D eigenvalue weighted by atomic mass is 19.4. The molecular weight excluding hydrogens is 375 g/mol. The zero-order valence-corrected chi connectivity index (χ0v) is 14.8. The lowest BCUT2D eigenvalue weighted by Crippen LogP contribution is -2.22. The van der Waals surface area contributed by atoms with Crippen molar-refractivity contribution in [1.29, 1.82) is 0 Å². The van der Waals surface area contributed by atoms with Crippen LogP contribution in [0.15, 0.2) is 54.9 Å². The van der Waals surface area contributed by atoms with Gasteiger partial charge >= 0.3 is 6.18 Å². The van der Waals surface area contributed by atoms with Crippen molar-refractivity contribution in [2.75, 3.05) is 7.05 Å². The largest absolute Gasteiger partial charge is 0.416 e. The van der Waals surface area contributed by atoms with Crippen molar-refractivity contribution in [2.24, 2.45) is 0 Å². The van der Waals surface area contributed by atoms with Crippen molar-refractivity contribution in [3.63, 3.8) is 0 Å². The third kappa shape index (κ3) is 4.71. The van der Waals surface area contributed by atoms with Gasteiger partial charge in [0.15, 0.2) is 5.82 Å². The van der Waals surface area contributed by atoms with Crippen LogP contribution in [0.5, 0.6) is 0 Å². The first-order chi connectivity index (χ1) is 13.2. The highest BCUT2D eigenvalue weighted by molar-refractivity contribution is 5.56. The summed E-state index contributed by atoms with van der Waals surface area (Å²) in [4.78, 5) is 16.3. The van der Waals surface area contributed by atoms with Gasteiger partial charge in [-0.2, -0.15) is 13.2 Å². The number of nitro groups is 1. The molecule has 0 radical (unpaired) electrons. The van der Waals surface area contributed by atoms with Crippen LogP contribution in [-0.4, -0.2) is 31.6 Å². The Kier molecular flexibility index (Phi) is 5.41. The van der Waals surface area contributed by atoms with Crippen molar-refractivity contribution in [3.05, 3.63) is 76.1 Å². The number of hydrogen-bond acceptors (Lipinski definition) is 5. The number of hydrogen-bond donors (Lipinski definition) is 0. The van der Waals surface area contributed by atoms with Gasteiger partial charge in [0.05, 0.1) is 17.2 Å². The van der Waals surface area contributed by atoms with Crippen LogP contribution in [0.1, 0.15) is 11.1 Å². The summed E-state index contributed by atoms with van der Waals surface area (Å²) in [6, 6.07) is 10.9. The second-order valence-electron chi connectivity index (χ2n) is 6.26. The summed E-state index contributed by atoms with van der Waals surface area (Å²) in [7, 11) is 1.81. The van der Waals surface area contributed by atoms with E-state index in [1.54, 1.807) is 16.8 Å². The number of nitro benzene ring substituents is 1. The van der Waals surface area contributed by atoms with E-state index in [0.29, 0.717) is 24.6 Å². The van der Waals surface area contributed by atoms with E-state index < -0.39 is 16.7 Å². The fourth-order valence-corrected chi connectivity index (χ4v) is 2.64. The van der Waals surface area contributed by atoms with Gasteiger partial charge in [-0.25, -0.2) is 9.67 Å². The van der Waals surface area contributed by atoms with E-state index in [2.05, 4.69) is 10.1 Å². The number of nitrogens with zero attached hydrogens (tertiary/aromatic N) is 5. The van der Waals surface area contributed by atoms with E-state index in [4.69, 9.17) is 0 Å². The SMILES string of the molecule is CN(Cc1ccc(C(F)(F)F)cc1)Cn1cnc(-c2ccc([N+](=O)[O-])cc2)n1. The predicted molar refractivity (Wildman–Crippen MR) is 95.0 cm³/mol. The van der Waals surface area contributed by atoms with Gasteiger partial charge in [0.1, 0.15) is 6.33 Å². The molecular formula is C18H16F3N5O2. The summed E-state index contributed by atoms with van der Waals surface area (Å²) in [5, 5.41) is 15.0. The molecule has 146 valence electrons. The lowest BCUT2D eigenvalue weighted by molar-refractivity contribution is -0.384. The lowest BCUT2D eigenvalue weighted by atomic mass is 10.1. The minimum absolute atomic E-state index is 0.0144. The zero-order valence-electron chi connectivity index (χ0n) is 14.8. The van der Waals surface area contributed by atoms with Crippen molar-refractivity contribution in [3.8, 4) is 11.4 Å². The van der Waals surface area contributed by atoms with Gasteiger partial charge in [-0.1, -0.05) is 12.1 Å². The molecule has 0 spiro atoms. The number of rotatable bonds is 6. The Morgan fingerprint density at radius 1 is 1.11 bits per heavy atom. The molecule has 2 aromatic carbocycles. The highest BCUT2D eigenvalue weighted by Crippen LogP contribution is 2.29. The Morgan fingerprint density at radius 3 is 2.32 bits per heavy atom. The first-order valence-corrected chi connectivity index (χ1v) is 8.21. The quantitative estimate of drug-likeness (QED) is 0.470. The molecule has 3 rings (SSSR count). The van der Waals surface area contributed by atoms with E-state index >= 15 is 0 Å². The molecule has 0 saturated carbocycles. The Bertz CT molecular complexity index is 953. The van der Waals surface area contributed by atoms with Gasteiger partial charge in [-0.3, -0.25) is 15.0 Å². The molecule has 10 heteroatoms. The van der Waals surface area contributed by atoms with Crippen LogP contribution in [0.25, 0.3) is 11.4 Å². The molecule has 0 aliphatic heterocycles. The summed E-state index contributed by atoms with van der Waals surface area (Å²) >= 11 is 0. The Balaban J connectivity index is 1.62. The third-order valence-corrected chi connectivity index (χ3v) is 3.99. The molecule has 0 fully saturated rings. The van der Waals surface area contributed by atoms with E-state index in [-0.39, 0.29) is 5.69 Å². The van der Waals surface area contributed by atoms with E-state index in [1.165, 1.54) is 30.6 Å². The fraction of sp³-hybridized carbons (Fsp3) is 0.222. The van der Waals surface area contributed by atoms with Crippen LogP contribution in [-0.2, 0) is 19.4 Å². The maximum absolute atomic E-state index is 12.6. The third-order valence-electron chi connectivity index (χ3n) is 3.99. The topological polar surface area (TPSA) is 77.1 Å². The molecule has 0 N–H and O–H groups in total. The molecule has 7 nitrogen and oxygen atoms in total.